The molecule has 0 radical (unpaired) electrons. The van der Waals surface area contributed by atoms with Crippen LogP contribution in [0.25, 0.3) is 0 Å². The van der Waals surface area contributed by atoms with Gasteiger partial charge in [-0.1, -0.05) is 18.2 Å². The van der Waals surface area contributed by atoms with Crippen molar-refractivity contribution in [3.8, 4) is 11.5 Å². The maximum Gasteiger partial charge on any atom is 0.254 e. The predicted octanol–water partition coefficient (Wildman–Crippen LogP) is 3.88. The van der Waals surface area contributed by atoms with E-state index in [9.17, 15) is 9.59 Å². The van der Waals surface area contributed by atoms with Crippen LogP contribution in [0.4, 0.5) is 0 Å². The molecular formula is C26H32N2O4. The monoisotopic (exact) mass is 436 g/mol. The molecular weight excluding hydrogens is 404 g/mol. The fraction of sp³-hybridized carbons (Fsp3) is 0.462. The van der Waals surface area contributed by atoms with Crippen LogP contribution in [0.1, 0.15) is 46.7 Å². The molecule has 4 rings (SSSR count). The summed E-state index contributed by atoms with van der Waals surface area (Å²) in [5.74, 6) is 1.10. The van der Waals surface area contributed by atoms with Gasteiger partial charge in [-0.25, -0.2) is 0 Å². The molecule has 0 aliphatic carbocycles. The normalized spacial score (nSPS) is 20.8. The van der Waals surface area contributed by atoms with Gasteiger partial charge in [0, 0.05) is 43.2 Å². The third-order valence-electron chi connectivity index (χ3n) is 6.80. The highest BCUT2D eigenvalue weighted by Crippen LogP contribution is 2.41. The topological polar surface area (TPSA) is 59.1 Å². The van der Waals surface area contributed by atoms with Crippen LogP contribution >= 0.6 is 0 Å². The number of methoxy groups -OCH3 is 2. The van der Waals surface area contributed by atoms with Crippen molar-refractivity contribution in [3.63, 3.8) is 0 Å². The van der Waals surface area contributed by atoms with Crippen molar-refractivity contribution in [2.75, 3.05) is 40.4 Å². The minimum atomic E-state index is -0.304. The Morgan fingerprint density at radius 3 is 2.34 bits per heavy atom. The highest BCUT2D eigenvalue weighted by molar-refractivity contribution is 5.96. The number of carbonyl (C=O) groups excluding carboxylic acids is 2. The summed E-state index contributed by atoms with van der Waals surface area (Å²) in [6, 6.07) is 13.3. The number of rotatable bonds is 5. The van der Waals surface area contributed by atoms with Crippen LogP contribution in [0.15, 0.2) is 42.5 Å². The van der Waals surface area contributed by atoms with Gasteiger partial charge in [-0.05, 0) is 56.0 Å². The fourth-order valence-electron chi connectivity index (χ4n) is 5.00. The van der Waals surface area contributed by atoms with Crippen LogP contribution in [-0.2, 0) is 4.79 Å². The number of benzene rings is 2. The summed E-state index contributed by atoms with van der Waals surface area (Å²) in [6.45, 7) is 4.42. The molecule has 2 fully saturated rings. The molecule has 2 aromatic carbocycles. The number of likely N-dealkylation sites (tertiary alicyclic amines) is 2. The molecule has 2 aliphatic rings. The van der Waals surface area contributed by atoms with E-state index in [1.54, 1.807) is 14.2 Å². The summed E-state index contributed by atoms with van der Waals surface area (Å²) in [4.78, 5) is 30.9. The van der Waals surface area contributed by atoms with Crippen molar-refractivity contribution in [3.05, 3.63) is 59.2 Å². The summed E-state index contributed by atoms with van der Waals surface area (Å²) in [5.41, 5.74) is 2.55. The van der Waals surface area contributed by atoms with Crippen LogP contribution in [-0.4, -0.2) is 62.0 Å². The number of amides is 2. The second-order valence-electron chi connectivity index (χ2n) is 8.73. The van der Waals surface area contributed by atoms with E-state index in [1.165, 1.54) is 6.42 Å². The van der Waals surface area contributed by atoms with E-state index < -0.39 is 0 Å². The van der Waals surface area contributed by atoms with E-state index in [1.807, 2.05) is 59.2 Å². The number of hydrogen-bond donors (Lipinski definition) is 0. The van der Waals surface area contributed by atoms with Gasteiger partial charge in [0.25, 0.3) is 5.91 Å². The lowest BCUT2D eigenvalue weighted by atomic mass is 9.86. The van der Waals surface area contributed by atoms with Crippen LogP contribution in [0, 0.1) is 12.8 Å². The molecule has 0 bridgehead atoms. The Balaban J connectivity index is 1.69. The molecule has 2 heterocycles. The molecule has 6 heteroatoms. The van der Waals surface area contributed by atoms with Crippen molar-refractivity contribution in [2.24, 2.45) is 5.92 Å². The Kier molecular flexibility index (Phi) is 6.68. The molecule has 2 amide bonds. The second kappa shape index (κ2) is 9.63. The molecule has 0 saturated carbocycles. The standard InChI is InChI=1S/C26H32N2O4/c1-18-9-5-6-10-20(18)25(29)28-16-22(21-15-19(31-2)11-12-24(21)32-3)23(17-28)26(30)27-13-7-4-8-14-27/h5-6,9-12,15,22-23H,4,7-8,13-14,16-17H2,1-3H3. The molecule has 2 aliphatic heterocycles. The van der Waals surface area contributed by atoms with E-state index in [2.05, 4.69) is 0 Å². The van der Waals surface area contributed by atoms with Gasteiger partial charge in [0.05, 0.1) is 20.1 Å². The molecule has 2 atom stereocenters. The maximum atomic E-state index is 13.6. The number of ether oxygens (including phenoxy) is 2. The van der Waals surface area contributed by atoms with Crippen LogP contribution in [0.3, 0.4) is 0 Å². The summed E-state index contributed by atoms with van der Waals surface area (Å²) in [5, 5.41) is 0. The highest BCUT2D eigenvalue weighted by atomic mass is 16.5. The van der Waals surface area contributed by atoms with Gasteiger partial charge in [0.15, 0.2) is 0 Å². The number of nitrogens with zero attached hydrogens (tertiary/aromatic N) is 2. The zero-order valence-corrected chi connectivity index (χ0v) is 19.2. The van der Waals surface area contributed by atoms with Gasteiger partial charge in [0.1, 0.15) is 11.5 Å². The number of hydrogen-bond acceptors (Lipinski definition) is 4. The summed E-state index contributed by atoms with van der Waals surface area (Å²) < 4.78 is 11.1. The fourth-order valence-corrected chi connectivity index (χ4v) is 5.00. The molecule has 6 nitrogen and oxygen atoms in total. The smallest absolute Gasteiger partial charge is 0.254 e. The van der Waals surface area contributed by atoms with Crippen molar-refractivity contribution >= 4 is 11.8 Å². The Morgan fingerprint density at radius 2 is 1.66 bits per heavy atom. The number of piperidine rings is 1. The largest absolute Gasteiger partial charge is 0.497 e. The average molecular weight is 437 g/mol. The first kappa shape index (κ1) is 22.2. The molecule has 32 heavy (non-hydrogen) atoms. The van der Waals surface area contributed by atoms with E-state index >= 15 is 0 Å². The van der Waals surface area contributed by atoms with Crippen LogP contribution < -0.4 is 9.47 Å². The molecule has 2 saturated heterocycles. The lowest BCUT2D eigenvalue weighted by molar-refractivity contribution is -0.136. The molecule has 2 unspecified atom stereocenters. The van der Waals surface area contributed by atoms with Gasteiger partial charge in [-0.3, -0.25) is 9.59 Å². The second-order valence-corrected chi connectivity index (χ2v) is 8.73. The van der Waals surface area contributed by atoms with Gasteiger partial charge >= 0.3 is 0 Å². The highest BCUT2D eigenvalue weighted by Gasteiger charge is 2.43. The molecule has 2 aromatic rings. The van der Waals surface area contributed by atoms with Crippen molar-refractivity contribution in [1.82, 2.24) is 9.80 Å². The summed E-state index contributed by atoms with van der Waals surface area (Å²) in [7, 11) is 3.27. The Morgan fingerprint density at radius 1 is 0.906 bits per heavy atom. The molecule has 0 N–H and O–H groups in total. The van der Waals surface area contributed by atoms with Gasteiger partial charge in [-0.2, -0.15) is 0 Å². The van der Waals surface area contributed by atoms with Gasteiger partial charge in [-0.15, -0.1) is 0 Å². The van der Waals surface area contributed by atoms with E-state index in [4.69, 9.17) is 9.47 Å². The first-order valence-corrected chi connectivity index (χ1v) is 11.4. The third-order valence-corrected chi connectivity index (χ3v) is 6.80. The lowest BCUT2D eigenvalue weighted by Crippen LogP contribution is -2.42. The molecule has 0 aromatic heterocycles. The van der Waals surface area contributed by atoms with Gasteiger partial charge < -0.3 is 19.3 Å². The zero-order chi connectivity index (χ0) is 22.7. The van der Waals surface area contributed by atoms with Crippen molar-refractivity contribution < 1.29 is 19.1 Å². The van der Waals surface area contributed by atoms with Crippen LogP contribution in [0.5, 0.6) is 11.5 Å². The molecule has 170 valence electrons. The van der Waals surface area contributed by atoms with E-state index in [0.717, 1.165) is 42.8 Å². The predicted molar refractivity (Wildman–Crippen MR) is 123 cm³/mol. The SMILES string of the molecule is COc1ccc(OC)c(C2CN(C(=O)c3ccccc3C)CC2C(=O)N2CCCCC2)c1. The quantitative estimate of drug-likeness (QED) is 0.714. The van der Waals surface area contributed by atoms with E-state index in [-0.39, 0.29) is 23.7 Å². The van der Waals surface area contributed by atoms with Crippen molar-refractivity contribution in [1.29, 1.82) is 0 Å². The van der Waals surface area contributed by atoms with Crippen molar-refractivity contribution in [2.45, 2.75) is 32.1 Å². The number of aryl methyl sites for hydroxylation is 1. The number of carbonyl (C=O) groups is 2. The van der Waals surface area contributed by atoms with E-state index in [0.29, 0.717) is 24.4 Å². The molecule has 0 spiro atoms. The minimum absolute atomic E-state index is 0.0242. The zero-order valence-electron chi connectivity index (χ0n) is 19.2. The maximum absolute atomic E-state index is 13.6. The van der Waals surface area contributed by atoms with Gasteiger partial charge in [0.2, 0.25) is 5.91 Å². The Bertz CT molecular complexity index is 984. The minimum Gasteiger partial charge on any atom is -0.497 e. The third kappa shape index (κ3) is 4.31. The summed E-state index contributed by atoms with van der Waals surface area (Å²) >= 11 is 0. The Hall–Kier alpha value is -3.02. The Labute approximate surface area is 190 Å². The first-order valence-electron chi connectivity index (χ1n) is 11.4. The van der Waals surface area contributed by atoms with Crippen LogP contribution in [0.2, 0.25) is 0 Å². The first-order chi connectivity index (χ1) is 15.5. The lowest BCUT2D eigenvalue weighted by Gasteiger charge is -2.31. The average Bonchev–Trinajstić information content (AvgIpc) is 3.29. The summed E-state index contributed by atoms with van der Waals surface area (Å²) in [6.07, 6.45) is 3.24.